The zero-order chi connectivity index (χ0) is 15.0. The molecule has 0 aliphatic heterocycles. The molecule has 1 N–H and O–H groups in total. The SMILES string of the molecule is CCOc1ccc(CN(C)CC(=O)NCC(C)C)cc1. The zero-order valence-corrected chi connectivity index (χ0v) is 13.0. The molecule has 0 aliphatic rings. The van der Waals surface area contributed by atoms with E-state index in [2.05, 4.69) is 19.2 Å². The summed E-state index contributed by atoms with van der Waals surface area (Å²) in [7, 11) is 1.95. The third-order valence-electron chi connectivity index (χ3n) is 2.81. The molecular formula is C16H26N2O2. The van der Waals surface area contributed by atoms with E-state index in [1.807, 2.05) is 43.1 Å². The van der Waals surface area contributed by atoms with Crippen molar-refractivity contribution in [2.75, 3.05) is 26.7 Å². The third-order valence-corrected chi connectivity index (χ3v) is 2.81. The van der Waals surface area contributed by atoms with E-state index in [-0.39, 0.29) is 5.91 Å². The molecule has 0 unspecified atom stereocenters. The molecule has 4 heteroatoms. The molecule has 0 aromatic heterocycles. The number of nitrogens with zero attached hydrogens (tertiary/aromatic N) is 1. The Morgan fingerprint density at radius 3 is 2.50 bits per heavy atom. The normalized spacial score (nSPS) is 10.9. The Balaban J connectivity index is 2.37. The van der Waals surface area contributed by atoms with E-state index in [0.29, 0.717) is 19.1 Å². The average Bonchev–Trinajstić information content (AvgIpc) is 2.39. The fourth-order valence-electron chi connectivity index (χ4n) is 1.84. The molecule has 1 aromatic rings. The summed E-state index contributed by atoms with van der Waals surface area (Å²) in [6.07, 6.45) is 0. The summed E-state index contributed by atoms with van der Waals surface area (Å²) in [6, 6.07) is 8.00. The summed E-state index contributed by atoms with van der Waals surface area (Å²) in [4.78, 5) is 13.7. The fraction of sp³-hybridized carbons (Fsp3) is 0.562. The number of benzene rings is 1. The molecule has 0 bridgehead atoms. The van der Waals surface area contributed by atoms with E-state index in [9.17, 15) is 4.79 Å². The first kappa shape index (κ1) is 16.5. The minimum atomic E-state index is 0.0761. The van der Waals surface area contributed by atoms with Crippen molar-refractivity contribution in [1.29, 1.82) is 0 Å². The Morgan fingerprint density at radius 2 is 1.95 bits per heavy atom. The highest BCUT2D eigenvalue weighted by molar-refractivity contribution is 5.77. The Kier molecular flexibility index (Phi) is 7.09. The quantitative estimate of drug-likeness (QED) is 0.793. The van der Waals surface area contributed by atoms with Gasteiger partial charge in [0.1, 0.15) is 5.75 Å². The van der Waals surface area contributed by atoms with Crippen molar-refractivity contribution >= 4 is 5.91 Å². The van der Waals surface area contributed by atoms with Crippen LogP contribution in [0.25, 0.3) is 0 Å². The van der Waals surface area contributed by atoms with Gasteiger partial charge in [0.25, 0.3) is 0 Å². The lowest BCUT2D eigenvalue weighted by Crippen LogP contribution is -2.36. The predicted molar refractivity (Wildman–Crippen MR) is 81.8 cm³/mol. The van der Waals surface area contributed by atoms with E-state index in [1.54, 1.807) is 0 Å². The highest BCUT2D eigenvalue weighted by atomic mass is 16.5. The van der Waals surface area contributed by atoms with Gasteiger partial charge in [0.2, 0.25) is 5.91 Å². The van der Waals surface area contributed by atoms with Gasteiger partial charge in [-0.1, -0.05) is 26.0 Å². The molecule has 1 aromatic carbocycles. The molecule has 20 heavy (non-hydrogen) atoms. The Bertz CT molecular complexity index is 401. The van der Waals surface area contributed by atoms with Crippen LogP contribution < -0.4 is 10.1 Å². The lowest BCUT2D eigenvalue weighted by Gasteiger charge is -2.17. The van der Waals surface area contributed by atoms with Gasteiger partial charge in [-0.25, -0.2) is 0 Å². The lowest BCUT2D eigenvalue weighted by atomic mass is 10.2. The second-order valence-corrected chi connectivity index (χ2v) is 5.45. The van der Waals surface area contributed by atoms with Crippen LogP contribution in [-0.4, -0.2) is 37.6 Å². The Labute approximate surface area is 122 Å². The smallest absolute Gasteiger partial charge is 0.234 e. The fourth-order valence-corrected chi connectivity index (χ4v) is 1.84. The molecule has 0 fully saturated rings. The minimum absolute atomic E-state index is 0.0761. The van der Waals surface area contributed by atoms with Crippen molar-refractivity contribution in [1.82, 2.24) is 10.2 Å². The maximum Gasteiger partial charge on any atom is 0.234 e. The van der Waals surface area contributed by atoms with Crippen LogP contribution in [0.15, 0.2) is 24.3 Å². The van der Waals surface area contributed by atoms with Gasteiger partial charge in [-0.05, 0) is 37.6 Å². The number of hydrogen-bond donors (Lipinski definition) is 1. The van der Waals surface area contributed by atoms with Gasteiger partial charge < -0.3 is 10.1 Å². The summed E-state index contributed by atoms with van der Waals surface area (Å²) in [5.74, 6) is 1.44. The van der Waals surface area contributed by atoms with Crippen LogP contribution in [0.3, 0.4) is 0 Å². The van der Waals surface area contributed by atoms with Gasteiger partial charge >= 0.3 is 0 Å². The van der Waals surface area contributed by atoms with Crippen LogP contribution in [0.2, 0.25) is 0 Å². The number of likely N-dealkylation sites (N-methyl/N-ethyl adjacent to an activating group) is 1. The van der Waals surface area contributed by atoms with E-state index in [1.165, 1.54) is 5.56 Å². The largest absolute Gasteiger partial charge is 0.494 e. The van der Waals surface area contributed by atoms with Crippen LogP contribution >= 0.6 is 0 Å². The Morgan fingerprint density at radius 1 is 1.30 bits per heavy atom. The van der Waals surface area contributed by atoms with Gasteiger partial charge in [-0.2, -0.15) is 0 Å². The summed E-state index contributed by atoms with van der Waals surface area (Å²) in [6.45, 7) is 8.72. The van der Waals surface area contributed by atoms with Crippen LogP contribution in [0.1, 0.15) is 26.3 Å². The molecule has 0 radical (unpaired) electrons. The highest BCUT2D eigenvalue weighted by Gasteiger charge is 2.07. The van der Waals surface area contributed by atoms with Crippen LogP contribution in [0.5, 0.6) is 5.75 Å². The molecule has 0 spiro atoms. The van der Waals surface area contributed by atoms with Crippen molar-refractivity contribution < 1.29 is 9.53 Å². The van der Waals surface area contributed by atoms with E-state index in [4.69, 9.17) is 4.74 Å². The molecular weight excluding hydrogens is 252 g/mol. The van der Waals surface area contributed by atoms with Gasteiger partial charge in [-0.3, -0.25) is 9.69 Å². The lowest BCUT2D eigenvalue weighted by molar-refractivity contribution is -0.122. The van der Waals surface area contributed by atoms with Gasteiger partial charge in [0.15, 0.2) is 0 Å². The molecule has 0 aliphatic carbocycles. The zero-order valence-electron chi connectivity index (χ0n) is 13.0. The van der Waals surface area contributed by atoms with E-state index >= 15 is 0 Å². The van der Waals surface area contributed by atoms with Gasteiger partial charge in [0.05, 0.1) is 13.2 Å². The number of ether oxygens (including phenoxy) is 1. The summed E-state index contributed by atoms with van der Waals surface area (Å²) < 4.78 is 5.41. The maximum absolute atomic E-state index is 11.7. The van der Waals surface area contributed by atoms with Crippen molar-refractivity contribution in [2.45, 2.75) is 27.3 Å². The summed E-state index contributed by atoms with van der Waals surface area (Å²) in [5.41, 5.74) is 1.17. The molecule has 0 saturated carbocycles. The standard InChI is InChI=1S/C16H26N2O2/c1-5-20-15-8-6-14(7-9-15)11-18(4)12-16(19)17-10-13(2)3/h6-9,13H,5,10-12H2,1-4H3,(H,17,19). The molecule has 1 amide bonds. The highest BCUT2D eigenvalue weighted by Crippen LogP contribution is 2.13. The number of amides is 1. The van der Waals surface area contributed by atoms with Crippen LogP contribution in [0.4, 0.5) is 0 Å². The number of hydrogen-bond acceptors (Lipinski definition) is 3. The summed E-state index contributed by atoms with van der Waals surface area (Å²) >= 11 is 0. The predicted octanol–water partition coefficient (Wildman–Crippen LogP) is 2.29. The van der Waals surface area contributed by atoms with E-state index < -0.39 is 0 Å². The maximum atomic E-state index is 11.7. The molecule has 112 valence electrons. The molecule has 0 atom stereocenters. The molecule has 0 heterocycles. The molecule has 0 saturated heterocycles. The number of rotatable bonds is 8. The number of carbonyl (C=O) groups is 1. The number of carbonyl (C=O) groups excluding carboxylic acids is 1. The minimum Gasteiger partial charge on any atom is -0.494 e. The van der Waals surface area contributed by atoms with Crippen molar-refractivity contribution in [3.63, 3.8) is 0 Å². The van der Waals surface area contributed by atoms with Gasteiger partial charge in [0, 0.05) is 13.1 Å². The van der Waals surface area contributed by atoms with Crippen molar-refractivity contribution in [2.24, 2.45) is 5.92 Å². The van der Waals surface area contributed by atoms with Crippen molar-refractivity contribution in [3.8, 4) is 5.75 Å². The number of nitrogens with one attached hydrogen (secondary N) is 1. The Hall–Kier alpha value is -1.55. The van der Waals surface area contributed by atoms with Gasteiger partial charge in [-0.15, -0.1) is 0 Å². The first-order valence-electron chi connectivity index (χ1n) is 7.18. The van der Waals surface area contributed by atoms with Crippen LogP contribution in [0, 0.1) is 5.92 Å². The monoisotopic (exact) mass is 278 g/mol. The second kappa shape index (κ2) is 8.59. The topological polar surface area (TPSA) is 41.6 Å². The molecule has 4 nitrogen and oxygen atoms in total. The van der Waals surface area contributed by atoms with Crippen LogP contribution in [-0.2, 0) is 11.3 Å². The first-order chi connectivity index (χ1) is 9.51. The average molecular weight is 278 g/mol. The van der Waals surface area contributed by atoms with E-state index in [0.717, 1.165) is 18.8 Å². The first-order valence-corrected chi connectivity index (χ1v) is 7.18. The molecule has 1 rings (SSSR count). The van der Waals surface area contributed by atoms with Crippen molar-refractivity contribution in [3.05, 3.63) is 29.8 Å². The third kappa shape index (κ3) is 6.57. The second-order valence-electron chi connectivity index (χ2n) is 5.45. The summed E-state index contributed by atoms with van der Waals surface area (Å²) in [5, 5.41) is 2.92.